The Labute approximate surface area is 346 Å². The number of hydrogen-bond donors (Lipinski definition) is 0. The van der Waals surface area contributed by atoms with Crippen LogP contribution in [0.3, 0.4) is 0 Å². The van der Waals surface area contributed by atoms with Crippen LogP contribution < -0.4 is 4.74 Å². The van der Waals surface area contributed by atoms with Gasteiger partial charge in [0, 0.05) is 13.0 Å². The summed E-state index contributed by atoms with van der Waals surface area (Å²) < 4.78 is 48.6. The van der Waals surface area contributed by atoms with E-state index >= 15 is 0 Å². The summed E-state index contributed by atoms with van der Waals surface area (Å²) in [6, 6.07) is 45.3. The lowest BCUT2D eigenvalue weighted by Gasteiger charge is -2.52. The largest absolute Gasteiger partial charge is 0.488 e. The van der Waals surface area contributed by atoms with Crippen molar-refractivity contribution >= 4 is 8.32 Å². The zero-order valence-electron chi connectivity index (χ0n) is 35.2. The lowest BCUT2D eigenvalue weighted by atomic mass is 9.75. The minimum absolute atomic E-state index is 0.0358. The molecule has 0 saturated carbocycles. The first-order valence-electron chi connectivity index (χ1n) is 20.8. The highest BCUT2D eigenvalue weighted by Crippen LogP contribution is 2.56. The minimum Gasteiger partial charge on any atom is -0.488 e. The highest BCUT2D eigenvalue weighted by molar-refractivity contribution is 6.74. The second kappa shape index (κ2) is 18.4. The zero-order chi connectivity index (χ0) is 40.8. The predicted octanol–water partition coefficient (Wildman–Crippen LogP) is 11.2. The molecule has 2 unspecified atom stereocenters. The van der Waals surface area contributed by atoms with Gasteiger partial charge in [0.2, 0.25) is 0 Å². The third kappa shape index (κ3) is 9.50. The maximum Gasteiger partial charge on any atom is 0.196 e. The second-order valence-electron chi connectivity index (χ2n) is 17.1. The van der Waals surface area contributed by atoms with Crippen LogP contribution in [-0.2, 0) is 66.7 Å². The molecule has 0 radical (unpaired) electrons. The van der Waals surface area contributed by atoms with E-state index in [0.29, 0.717) is 39.5 Å². The molecule has 7 rings (SSSR count). The molecule has 2 aliphatic rings. The smallest absolute Gasteiger partial charge is 0.196 e. The van der Waals surface area contributed by atoms with Crippen molar-refractivity contribution in [1.82, 2.24) is 0 Å². The van der Waals surface area contributed by atoms with Crippen molar-refractivity contribution in [2.24, 2.45) is 0 Å². The molecule has 7 nitrogen and oxygen atoms in total. The van der Waals surface area contributed by atoms with E-state index in [1.165, 1.54) is 0 Å². The Hall–Kier alpha value is -4.12. The van der Waals surface area contributed by atoms with Crippen LogP contribution in [0.1, 0.15) is 79.7 Å². The van der Waals surface area contributed by atoms with Gasteiger partial charge in [-0.25, -0.2) is 0 Å². The summed E-state index contributed by atoms with van der Waals surface area (Å²) in [4.78, 5) is 0. The predicted molar refractivity (Wildman–Crippen MR) is 231 cm³/mol. The van der Waals surface area contributed by atoms with Crippen molar-refractivity contribution in [3.05, 3.63) is 172 Å². The number of rotatable bonds is 17. The Bertz CT molecular complexity index is 2040. The average molecular weight is 801 g/mol. The first-order chi connectivity index (χ1) is 28.0. The van der Waals surface area contributed by atoms with Crippen LogP contribution in [-0.4, -0.2) is 39.3 Å². The van der Waals surface area contributed by atoms with Crippen molar-refractivity contribution in [3.8, 4) is 5.75 Å². The van der Waals surface area contributed by atoms with Gasteiger partial charge in [-0.05, 0) is 71.4 Å². The molecule has 0 N–H and O–H groups in total. The molecule has 58 heavy (non-hydrogen) atoms. The van der Waals surface area contributed by atoms with Crippen molar-refractivity contribution in [2.45, 2.75) is 122 Å². The molecule has 6 atom stereocenters. The maximum absolute atomic E-state index is 7.30. The number of benzene rings is 5. The molecule has 1 aliphatic heterocycles. The molecular formula is C50H60O7Si. The van der Waals surface area contributed by atoms with Crippen molar-refractivity contribution in [3.63, 3.8) is 0 Å². The van der Waals surface area contributed by atoms with Gasteiger partial charge in [-0.3, -0.25) is 0 Å². The van der Waals surface area contributed by atoms with E-state index in [9.17, 15) is 0 Å². The highest BCUT2D eigenvalue weighted by atomic mass is 28.4. The maximum atomic E-state index is 7.30. The standard InChI is InChI=1S/C50H60O7Si/c1-8-55-50(57-58(6,7)49(3,4)5)31-42-41(29-30-43(44(42)50)51-32-37-21-13-9-14-22-37)46-48(54-35-40-27-19-12-20-28-40)47(53-34-39-25-17-11-18-26-39)45(36(2)56-46)52-33-38-23-15-10-16-24-38/h9-30,36,45-48H,8,31-35H2,1-7H3/t36-,45+,46?,47+,48+,50?/m0/s1. The van der Waals surface area contributed by atoms with E-state index in [0.717, 1.165) is 44.7 Å². The van der Waals surface area contributed by atoms with Crippen molar-refractivity contribution in [2.75, 3.05) is 6.61 Å². The van der Waals surface area contributed by atoms with Crippen LogP contribution >= 0.6 is 0 Å². The van der Waals surface area contributed by atoms with Gasteiger partial charge in [0.15, 0.2) is 14.1 Å². The summed E-state index contributed by atoms with van der Waals surface area (Å²) in [6.45, 7) is 17.6. The van der Waals surface area contributed by atoms with E-state index in [4.69, 9.17) is 32.8 Å². The molecule has 306 valence electrons. The molecule has 0 bridgehead atoms. The topological polar surface area (TPSA) is 64.6 Å². The van der Waals surface area contributed by atoms with Crippen LogP contribution in [0.15, 0.2) is 133 Å². The summed E-state index contributed by atoms with van der Waals surface area (Å²) in [7, 11) is -2.33. The Morgan fingerprint density at radius 1 is 0.621 bits per heavy atom. The summed E-state index contributed by atoms with van der Waals surface area (Å²) in [5, 5.41) is -0.0358. The lowest BCUT2D eigenvalue weighted by molar-refractivity contribution is -0.264. The van der Waals surface area contributed by atoms with Crippen LogP contribution in [0.4, 0.5) is 0 Å². The van der Waals surface area contributed by atoms with E-state index < -0.39 is 38.5 Å². The Morgan fingerprint density at radius 3 is 1.57 bits per heavy atom. The molecule has 1 heterocycles. The van der Waals surface area contributed by atoms with Gasteiger partial charge in [0.25, 0.3) is 0 Å². The Kier molecular flexibility index (Phi) is 13.3. The Balaban J connectivity index is 1.31. The fraction of sp³-hybridized carbons (Fsp3) is 0.400. The van der Waals surface area contributed by atoms with E-state index in [2.05, 4.69) is 101 Å². The molecule has 5 aromatic carbocycles. The number of ether oxygens (including phenoxy) is 6. The second-order valence-corrected chi connectivity index (χ2v) is 21.8. The molecule has 0 spiro atoms. The summed E-state index contributed by atoms with van der Waals surface area (Å²) in [5.41, 5.74) is 7.39. The average Bonchev–Trinajstić information content (AvgIpc) is 3.21. The van der Waals surface area contributed by atoms with Gasteiger partial charge in [0.1, 0.15) is 36.8 Å². The fourth-order valence-electron chi connectivity index (χ4n) is 7.79. The van der Waals surface area contributed by atoms with E-state index in [-0.39, 0.29) is 11.1 Å². The number of fused-ring (bicyclic) bond motifs is 1. The van der Waals surface area contributed by atoms with Crippen molar-refractivity contribution in [1.29, 1.82) is 0 Å². The fourth-order valence-corrected chi connectivity index (χ4v) is 9.15. The van der Waals surface area contributed by atoms with Crippen LogP contribution in [0, 0.1) is 0 Å². The van der Waals surface area contributed by atoms with Crippen LogP contribution in [0.25, 0.3) is 0 Å². The minimum atomic E-state index is -2.33. The van der Waals surface area contributed by atoms with Gasteiger partial charge >= 0.3 is 0 Å². The summed E-state index contributed by atoms with van der Waals surface area (Å²) >= 11 is 0. The monoisotopic (exact) mass is 800 g/mol. The van der Waals surface area contributed by atoms with E-state index in [1.54, 1.807) is 0 Å². The zero-order valence-corrected chi connectivity index (χ0v) is 36.2. The molecule has 1 saturated heterocycles. The van der Waals surface area contributed by atoms with Gasteiger partial charge in [-0.2, -0.15) is 0 Å². The summed E-state index contributed by atoms with van der Waals surface area (Å²) in [5.74, 6) is -0.201. The van der Waals surface area contributed by atoms with Gasteiger partial charge in [-0.1, -0.05) is 148 Å². The number of hydrogen-bond acceptors (Lipinski definition) is 7. The van der Waals surface area contributed by atoms with Crippen LogP contribution in [0.5, 0.6) is 5.75 Å². The van der Waals surface area contributed by atoms with Gasteiger partial charge in [0.05, 0.1) is 31.5 Å². The molecule has 0 amide bonds. The first-order valence-corrected chi connectivity index (χ1v) is 23.7. The normalized spacial score (nSPS) is 23.2. The van der Waals surface area contributed by atoms with Crippen molar-refractivity contribution < 1.29 is 32.8 Å². The summed E-state index contributed by atoms with van der Waals surface area (Å²) in [6.07, 6.45) is -1.65. The molecule has 8 heteroatoms. The third-order valence-electron chi connectivity index (χ3n) is 11.9. The molecule has 5 aromatic rings. The SMILES string of the molecule is CCOC1(O[Si](C)(C)C(C)(C)C)Cc2c(C3O[C@@H](C)[C@@H](OCc4ccccc4)[C@@H](OCc4ccccc4)[C@@H]3OCc3ccccc3)ccc(OCc3ccccc3)c21. The molecule has 1 fully saturated rings. The highest BCUT2D eigenvalue weighted by Gasteiger charge is 2.56. The molecule has 0 aromatic heterocycles. The van der Waals surface area contributed by atoms with Gasteiger partial charge < -0.3 is 32.8 Å². The molecular weight excluding hydrogens is 741 g/mol. The first kappa shape index (κ1) is 42.0. The van der Waals surface area contributed by atoms with Gasteiger partial charge in [-0.15, -0.1) is 0 Å². The Morgan fingerprint density at radius 2 is 1.09 bits per heavy atom. The van der Waals surface area contributed by atoms with E-state index in [1.807, 2.05) is 79.7 Å². The third-order valence-corrected chi connectivity index (χ3v) is 16.3. The quantitative estimate of drug-likeness (QED) is 0.0685. The molecule has 1 aliphatic carbocycles. The van der Waals surface area contributed by atoms with Crippen LogP contribution in [0.2, 0.25) is 18.1 Å². The lowest BCUT2D eigenvalue weighted by Crippen LogP contribution is -2.57.